The molecule has 24 heteroatoms. The maximum atomic E-state index is 12.3. The average molecular weight is 1030 g/mol. The molecule has 0 saturated carbocycles. The molecule has 0 radical (unpaired) electrons. The Morgan fingerprint density at radius 1 is 0.528 bits per heavy atom. The van der Waals surface area contributed by atoms with Gasteiger partial charge in [-0.15, -0.1) is 0 Å². The van der Waals surface area contributed by atoms with Crippen LogP contribution in [0.2, 0.25) is 0 Å². The van der Waals surface area contributed by atoms with E-state index in [4.69, 9.17) is 36.7 Å². The van der Waals surface area contributed by atoms with Gasteiger partial charge in [-0.25, -0.2) is 0 Å². The van der Waals surface area contributed by atoms with Gasteiger partial charge in [0.15, 0.2) is 0 Å². The molecule has 6 aromatic rings. The zero-order valence-corrected chi connectivity index (χ0v) is 40.8. The second-order valence-electron chi connectivity index (χ2n) is 16.0. The maximum Gasteiger partial charge on any atom is 0.293 e. The number of hydrogen-bond donors (Lipinski definition) is 6. The normalized spacial score (nSPS) is 15.5. The third-order valence-corrected chi connectivity index (χ3v) is 12.8. The highest BCUT2D eigenvalue weighted by Crippen LogP contribution is 2.44. The molecule has 3 unspecified atom stereocenters. The molecule has 9 rings (SSSR count). The van der Waals surface area contributed by atoms with Crippen molar-refractivity contribution in [2.75, 3.05) is 31.9 Å². The molecule has 3 amide bonds. The van der Waals surface area contributed by atoms with Gasteiger partial charge in [-0.3, -0.25) is 59.7 Å². The van der Waals surface area contributed by atoms with E-state index in [1.807, 2.05) is 20.8 Å². The maximum absolute atomic E-state index is 12.3. The number of amides is 3. The number of nitro benzene ring substituents is 3. The fourth-order valence-electron chi connectivity index (χ4n) is 8.13. The standard InChI is InChI=1S/3C16H14N4O3S/c1-2-10-11-7-14(20(22)23)13(8-12(11)19-16(10)24)18-15(21)9-3-5-17-6-4-9;1-2-10-11-6-14(20(22)23)13(7-12(11)19-16(10)24)18-15(21)9-4-3-5-17-8-9;1-2-9-10-7-14(20(22)23)13(8-12(10)19-16(9)24)18-15(21)11-5-3-4-6-17-11/h2*3-8,10H,2H2,1H3,(H,18,21)(H,19,24);3-9H,2H2,1H3,(H,18,21)(H,19,24). The minimum absolute atomic E-state index is 0.0429. The quantitative estimate of drug-likeness (QED) is 0.0377. The van der Waals surface area contributed by atoms with Gasteiger partial charge in [0.25, 0.3) is 34.8 Å². The van der Waals surface area contributed by atoms with E-state index >= 15 is 0 Å². The summed E-state index contributed by atoms with van der Waals surface area (Å²) >= 11 is 15.9. The number of aromatic nitrogens is 3. The largest absolute Gasteiger partial charge is 0.349 e. The first-order chi connectivity index (χ1) is 34.5. The van der Waals surface area contributed by atoms with Crippen molar-refractivity contribution in [1.82, 2.24) is 15.0 Å². The molecule has 6 heterocycles. The van der Waals surface area contributed by atoms with Crippen LogP contribution in [0.4, 0.5) is 51.2 Å². The van der Waals surface area contributed by atoms with E-state index in [0.29, 0.717) is 43.2 Å². The number of benzene rings is 3. The highest BCUT2D eigenvalue weighted by molar-refractivity contribution is 7.81. The van der Waals surface area contributed by atoms with E-state index in [0.717, 1.165) is 36.0 Å². The Labute approximate surface area is 426 Å². The van der Waals surface area contributed by atoms with Crippen molar-refractivity contribution in [3.8, 4) is 0 Å². The van der Waals surface area contributed by atoms with Crippen LogP contribution >= 0.6 is 36.7 Å². The second-order valence-corrected chi connectivity index (χ2v) is 17.4. The number of nitro groups is 3. The Hall–Kier alpha value is -8.61. The summed E-state index contributed by atoms with van der Waals surface area (Å²) in [4.78, 5) is 83.0. The summed E-state index contributed by atoms with van der Waals surface area (Å²) in [5.74, 6) is -1.54. The first-order valence-corrected chi connectivity index (χ1v) is 23.3. The summed E-state index contributed by atoms with van der Waals surface area (Å²) in [7, 11) is 0. The highest BCUT2D eigenvalue weighted by Gasteiger charge is 2.33. The number of carbonyl (C=O) groups is 3. The zero-order valence-electron chi connectivity index (χ0n) is 38.3. The van der Waals surface area contributed by atoms with Crippen molar-refractivity contribution in [2.45, 2.75) is 57.8 Å². The van der Waals surface area contributed by atoms with Crippen LogP contribution in [0.15, 0.2) is 110 Å². The zero-order chi connectivity index (χ0) is 51.8. The van der Waals surface area contributed by atoms with Crippen LogP contribution < -0.4 is 31.9 Å². The Balaban J connectivity index is 0.000000158. The molecule has 0 spiro atoms. The first-order valence-electron chi connectivity index (χ1n) is 22.1. The molecule has 0 aliphatic carbocycles. The van der Waals surface area contributed by atoms with Crippen LogP contribution in [-0.4, -0.2) is 62.4 Å². The smallest absolute Gasteiger partial charge is 0.293 e. The monoisotopic (exact) mass is 1030 g/mol. The van der Waals surface area contributed by atoms with Crippen LogP contribution in [0, 0.1) is 30.3 Å². The van der Waals surface area contributed by atoms with Gasteiger partial charge in [-0.2, -0.15) is 0 Å². The van der Waals surface area contributed by atoms with Gasteiger partial charge in [0, 0.05) is 89.6 Å². The molecule has 3 atom stereocenters. The summed E-state index contributed by atoms with van der Waals surface area (Å²) in [5.41, 5.74) is 5.21. The Morgan fingerprint density at radius 3 is 1.31 bits per heavy atom. The number of thiocarbonyl (C=S) groups is 3. The SMILES string of the molecule is CCC1C(=S)Nc2cc(NC(=O)c3ccccn3)c([N+](=O)[O-])cc21.CCC1C(=S)Nc2cc(NC(=O)c3cccnc3)c([N+](=O)[O-])cc21.CCC1C(=S)Nc2cc(NC(=O)c3ccncc3)c([N+](=O)[O-])cc21. The van der Waals surface area contributed by atoms with Gasteiger partial charge in [0.05, 0.1) is 35.3 Å². The number of fused-ring (bicyclic) bond motifs is 3. The third kappa shape index (κ3) is 11.2. The molecule has 3 aliphatic rings. The van der Waals surface area contributed by atoms with Crippen LogP contribution in [0.3, 0.4) is 0 Å². The van der Waals surface area contributed by atoms with E-state index < -0.39 is 32.5 Å². The van der Waals surface area contributed by atoms with Crippen molar-refractivity contribution < 1.29 is 29.2 Å². The van der Waals surface area contributed by atoms with Crippen LogP contribution in [0.25, 0.3) is 0 Å². The second kappa shape index (κ2) is 22.4. The van der Waals surface area contributed by atoms with Crippen LogP contribution in [0.5, 0.6) is 0 Å². The van der Waals surface area contributed by atoms with Gasteiger partial charge in [0.1, 0.15) is 22.8 Å². The first kappa shape index (κ1) is 51.2. The molecule has 3 aromatic carbocycles. The van der Waals surface area contributed by atoms with Gasteiger partial charge in [-0.1, -0.05) is 63.5 Å². The summed E-state index contributed by atoms with van der Waals surface area (Å²) in [6, 6.07) is 20.3. The van der Waals surface area contributed by atoms with Crippen molar-refractivity contribution in [3.05, 3.63) is 174 Å². The molecule has 21 nitrogen and oxygen atoms in total. The van der Waals surface area contributed by atoms with Gasteiger partial charge in [-0.05, 0) is 90.6 Å². The van der Waals surface area contributed by atoms with Gasteiger partial charge < -0.3 is 31.9 Å². The lowest BCUT2D eigenvalue weighted by atomic mass is 9.97. The summed E-state index contributed by atoms with van der Waals surface area (Å²) < 4.78 is 0. The number of nitrogens with zero attached hydrogens (tertiary/aromatic N) is 6. The van der Waals surface area contributed by atoms with E-state index in [-0.39, 0.29) is 57.6 Å². The van der Waals surface area contributed by atoms with Crippen LogP contribution in [0.1, 0.15) is 106 Å². The summed E-state index contributed by atoms with van der Waals surface area (Å²) in [6.07, 6.45) is 9.64. The van der Waals surface area contributed by atoms with Gasteiger partial charge >= 0.3 is 0 Å². The fourth-order valence-corrected chi connectivity index (χ4v) is 9.34. The van der Waals surface area contributed by atoms with Crippen molar-refractivity contribution in [3.63, 3.8) is 0 Å². The fraction of sp³-hybridized carbons (Fsp3) is 0.188. The lowest BCUT2D eigenvalue weighted by molar-refractivity contribution is -0.384. The minimum atomic E-state index is -0.512. The molecular formula is C48H42N12O9S3. The number of anilines is 6. The topological polar surface area (TPSA) is 291 Å². The van der Waals surface area contributed by atoms with E-state index in [1.54, 1.807) is 48.7 Å². The molecule has 3 aliphatic heterocycles. The number of pyridine rings is 3. The lowest BCUT2D eigenvalue weighted by Crippen LogP contribution is -2.14. The Bertz CT molecular complexity index is 2850. The van der Waals surface area contributed by atoms with E-state index in [1.165, 1.54) is 61.2 Å². The minimum Gasteiger partial charge on any atom is -0.349 e. The van der Waals surface area contributed by atoms with E-state index in [2.05, 4.69) is 46.9 Å². The molecular weight excluding hydrogens is 985 g/mol. The Morgan fingerprint density at radius 2 is 0.944 bits per heavy atom. The van der Waals surface area contributed by atoms with Crippen LogP contribution in [-0.2, 0) is 0 Å². The Kier molecular flexibility index (Phi) is 16.0. The molecule has 0 bridgehead atoms. The molecule has 0 fully saturated rings. The highest BCUT2D eigenvalue weighted by atomic mass is 32.1. The predicted octanol–water partition coefficient (Wildman–Crippen LogP) is 10.5. The van der Waals surface area contributed by atoms with Crippen molar-refractivity contribution in [2.24, 2.45) is 0 Å². The number of carbonyl (C=O) groups excluding carboxylic acids is 3. The molecule has 72 heavy (non-hydrogen) atoms. The summed E-state index contributed by atoms with van der Waals surface area (Å²) in [5, 5.41) is 51.1. The average Bonchev–Trinajstić information content (AvgIpc) is 3.99. The molecule has 6 N–H and O–H groups in total. The van der Waals surface area contributed by atoms with Gasteiger partial charge in [0.2, 0.25) is 0 Å². The summed E-state index contributed by atoms with van der Waals surface area (Å²) in [6.45, 7) is 5.91. The molecule has 0 saturated heterocycles. The third-order valence-electron chi connectivity index (χ3n) is 11.7. The van der Waals surface area contributed by atoms with E-state index in [9.17, 15) is 44.7 Å². The lowest BCUT2D eigenvalue weighted by Gasteiger charge is -2.10. The molecule has 366 valence electrons. The number of nitrogens with one attached hydrogen (secondary N) is 6. The van der Waals surface area contributed by atoms with Crippen molar-refractivity contribution in [1.29, 1.82) is 0 Å². The molecule has 3 aromatic heterocycles. The number of rotatable bonds is 12. The van der Waals surface area contributed by atoms with Crippen molar-refractivity contribution >= 4 is 121 Å². The predicted molar refractivity (Wildman–Crippen MR) is 284 cm³/mol. The number of hydrogen-bond acceptors (Lipinski definition) is 15.